The maximum atomic E-state index is 12.5. The summed E-state index contributed by atoms with van der Waals surface area (Å²) < 4.78 is 27.7. The fourth-order valence-electron chi connectivity index (χ4n) is 6.83. The molecule has 0 bridgehead atoms. The Morgan fingerprint density at radius 1 is 0.382 bits per heavy atom. The second-order valence-corrected chi connectivity index (χ2v) is 14.9. The van der Waals surface area contributed by atoms with Gasteiger partial charge in [0.15, 0.2) is 0 Å². The van der Waals surface area contributed by atoms with Gasteiger partial charge in [0.1, 0.15) is 31.3 Å². The molecule has 344 valence electrons. The van der Waals surface area contributed by atoms with Crippen molar-refractivity contribution in [1.29, 1.82) is 0 Å². The van der Waals surface area contributed by atoms with Gasteiger partial charge in [-0.3, -0.25) is 9.59 Å². The first-order valence-electron chi connectivity index (χ1n) is 21.6. The number of rotatable bonds is 25. The maximum Gasteiger partial charge on any atom is 0.330 e. The highest BCUT2D eigenvalue weighted by molar-refractivity contribution is 6.47. The molecule has 0 aliphatic heterocycles. The van der Waals surface area contributed by atoms with Gasteiger partial charge in [-0.25, -0.2) is 14.4 Å². The molecule has 6 rings (SSSR count). The Balaban J connectivity index is 1.11. The van der Waals surface area contributed by atoms with E-state index in [1.165, 1.54) is 0 Å². The zero-order chi connectivity index (χ0) is 48.3. The lowest BCUT2D eigenvalue weighted by Crippen LogP contribution is -2.13. The van der Waals surface area contributed by atoms with Gasteiger partial charge >= 0.3 is 17.9 Å². The summed E-state index contributed by atoms with van der Waals surface area (Å²) >= 11 is 0. The molecular formula is C56H50N2O10. The topological polar surface area (TPSA) is 138 Å². The Labute approximate surface area is 395 Å². The Bertz CT molecular complexity index is 2710. The molecule has 0 saturated carbocycles. The molecule has 0 saturated heterocycles. The van der Waals surface area contributed by atoms with Crippen molar-refractivity contribution >= 4 is 63.6 Å². The minimum absolute atomic E-state index is 0.120. The van der Waals surface area contributed by atoms with Crippen molar-refractivity contribution in [3.05, 3.63) is 218 Å². The maximum absolute atomic E-state index is 12.5. The van der Waals surface area contributed by atoms with Crippen molar-refractivity contribution in [2.24, 2.45) is 0 Å². The van der Waals surface area contributed by atoms with E-state index in [9.17, 15) is 24.0 Å². The number of hydrogen-bond donors (Lipinski definition) is 0. The van der Waals surface area contributed by atoms with Crippen molar-refractivity contribution in [1.82, 2.24) is 0 Å². The van der Waals surface area contributed by atoms with Gasteiger partial charge in [-0.2, -0.15) is 0 Å². The molecule has 12 nitrogen and oxygen atoms in total. The highest BCUT2D eigenvalue weighted by Gasteiger charge is 2.18. The molecule has 0 N–H and O–H groups in total. The van der Waals surface area contributed by atoms with Crippen molar-refractivity contribution < 1.29 is 47.7 Å². The summed E-state index contributed by atoms with van der Waals surface area (Å²) in [5.74, 6) is -1.47. The number of ether oxygens (including phenoxy) is 5. The van der Waals surface area contributed by atoms with E-state index in [1.54, 1.807) is 24.3 Å². The predicted octanol–water partition coefficient (Wildman–Crippen LogP) is 10.8. The number of carbonyl (C=O) groups is 5. The van der Waals surface area contributed by atoms with Gasteiger partial charge in [-0.05, 0) is 132 Å². The zero-order valence-electron chi connectivity index (χ0n) is 37.4. The molecule has 0 heterocycles. The third kappa shape index (κ3) is 13.6. The van der Waals surface area contributed by atoms with Crippen molar-refractivity contribution in [3.63, 3.8) is 0 Å². The van der Waals surface area contributed by atoms with Crippen molar-refractivity contribution in [3.8, 4) is 11.5 Å². The van der Waals surface area contributed by atoms with Gasteiger partial charge in [0, 0.05) is 70.8 Å². The van der Waals surface area contributed by atoms with Crippen LogP contribution < -0.4 is 19.3 Å². The molecule has 68 heavy (non-hydrogen) atoms. The first-order valence-corrected chi connectivity index (χ1v) is 21.6. The smallest absolute Gasteiger partial charge is 0.330 e. The molecule has 0 aromatic heterocycles. The van der Waals surface area contributed by atoms with Crippen LogP contribution in [0, 0.1) is 0 Å². The number of carbonyl (C=O) groups excluding carboxylic acids is 5. The van der Waals surface area contributed by atoms with Gasteiger partial charge in [0.25, 0.3) is 0 Å². The Kier molecular flexibility index (Phi) is 17.5. The number of nitrogens with zero attached hydrogens (tertiary/aromatic N) is 2. The van der Waals surface area contributed by atoms with Crippen LogP contribution in [0.1, 0.15) is 27.0 Å². The summed E-state index contributed by atoms with van der Waals surface area (Å²) in [5, 5.41) is 0. The highest BCUT2D eigenvalue weighted by Crippen LogP contribution is 2.37. The highest BCUT2D eigenvalue weighted by atomic mass is 16.5. The van der Waals surface area contributed by atoms with Gasteiger partial charge in [-0.1, -0.05) is 62.7 Å². The van der Waals surface area contributed by atoms with Crippen LogP contribution in [0.2, 0.25) is 0 Å². The molecule has 0 amide bonds. The van der Waals surface area contributed by atoms with Gasteiger partial charge in [-0.15, -0.1) is 0 Å². The lowest BCUT2D eigenvalue weighted by atomic mass is 10.1. The molecule has 12 heteroatoms. The van der Waals surface area contributed by atoms with Crippen LogP contribution in [0.15, 0.2) is 196 Å². The number of hydrogen-bond acceptors (Lipinski definition) is 12. The molecule has 0 aliphatic carbocycles. The zero-order valence-corrected chi connectivity index (χ0v) is 37.4. The van der Waals surface area contributed by atoms with Crippen molar-refractivity contribution in [2.45, 2.75) is 19.4 Å². The Hall–Kier alpha value is -8.77. The van der Waals surface area contributed by atoms with E-state index in [2.05, 4.69) is 31.2 Å². The van der Waals surface area contributed by atoms with Crippen LogP contribution in [-0.4, -0.2) is 55.9 Å². The molecule has 0 unspecified atom stereocenters. The van der Waals surface area contributed by atoms with Crippen LogP contribution in [0.3, 0.4) is 0 Å². The molecule has 0 atom stereocenters. The number of Topliss-reactive ketones (excluding diaryl/α,β-unsaturated/α-hetero) is 1. The second kappa shape index (κ2) is 24.5. The molecule has 6 aromatic carbocycles. The molecule has 0 aliphatic rings. The average Bonchev–Trinajstić information content (AvgIpc) is 3.38. The minimum Gasteiger partial charge on any atom is -0.490 e. The quantitative estimate of drug-likeness (QED) is 0.0135. The normalized spacial score (nSPS) is 10.4. The standard InChI is InChI=1S/C56H50N2O10/c1-5-52(59)56(63)43-15-23-47(24-16-43)58(45-19-11-41(12-20-45)34-36-67-54(61)7-3)49-27-31-51(32-28-49)65-38-37-64-50-29-25-48(26-30-50)57(46-21-13-42(14-22-46)39-68-55(62)8-4)44-17-9-40(10-18-44)33-35-66-53(60)6-2/h5-32H,1-4,33-39H2. The summed E-state index contributed by atoms with van der Waals surface area (Å²) in [6, 6.07) is 45.5. The van der Waals surface area contributed by atoms with E-state index in [4.69, 9.17) is 23.7 Å². The van der Waals surface area contributed by atoms with E-state index in [-0.39, 0.29) is 38.6 Å². The van der Waals surface area contributed by atoms with E-state index in [1.807, 2.05) is 126 Å². The lowest BCUT2D eigenvalue weighted by molar-refractivity contribution is -0.139. The molecule has 0 spiro atoms. The van der Waals surface area contributed by atoms with Crippen LogP contribution in [0.4, 0.5) is 34.1 Å². The summed E-state index contributed by atoms with van der Waals surface area (Å²) in [6.07, 6.45) is 5.48. The number of allylic oxidation sites excluding steroid dienone is 1. The SMILES string of the molecule is C=CC(=O)OCCc1ccc(N(c2ccc(COC(=O)C=C)cc2)c2ccc(OCCOc3ccc(N(c4ccc(CCOC(=O)C=C)cc4)c4ccc(C(=O)C(=O)C=C)cc4)cc3)cc2)cc1. The molecule has 0 radical (unpaired) electrons. The number of esters is 3. The molecule has 6 aromatic rings. The summed E-state index contributed by atoms with van der Waals surface area (Å²) in [7, 11) is 0. The van der Waals surface area contributed by atoms with Crippen LogP contribution in [0.25, 0.3) is 0 Å². The minimum atomic E-state index is -0.681. The fraction of sp³-hybridized carbons (Fsp3) is 0.125. The van der Waals surface area contributed by atoms with E-state index >= 15 is 0 Å². The first kappa shape index (κ1) is 48.7. The van der Waals surface area contributed by atoms with E-state index < -0.39 is 29.5 Å². The van der Waals surface area contributed by atoms with Gasteiger partial charge in [0.2, 0.25) is 11.6 Å². The summed E-state index contributed by atoms with van der Waals surface area (Å²) in [4.78, 5) is 63.2. The van der Waals surface area contributed by atoms with Crippen LogP contribution in [-0.2, 0) is 52.8 Å². The van der Waals surface area contributed by atoms with E-state index in [0.717, 1.165) is 75.1 Å². The van der Waals surface area contributed by atoms with E-state index in [0.29, 0.717) is 24.3 Å². The number of anilines is 6. The monoisotopic (exact) mass is 910 g/mol. The second-order valence-electron chi connectivity index (χ2n) is 14.9. The third-order valence-corrected chi connectivity index (χ3v) is 10.3. The summed E-state index contributed by atoms with van der Waals surface area (Å²) in [5.41, 5.74) is 8.07. The molecule has 0 fully saturated rings. The predicted molar refractivity (Wildman–Crippen MR) is 262 cm³/mol. The summed E-state index contributed by atoms with van der Waals surface area (Å²) in [6.45, 7) is 14.9. The third-order valence-electron chi connectivity index (χ3n) is 10.3. The van der Waals surface area contributed by atoms with Crippen molar-refractivity contribution in [2.75, 3.05) is 36.2 Å². The average molecular weight is 911 g/mol. The van der Waals surface area contributed by atoms with Crippen LogP contribution in [0.5, 0.6) is 11.5 Å². The Morgan fingerprint density at radius 3 is 1.06 bits per heavy atom. The first-order chi connectivity index (χ1) is 33.1. The number of ketones is 2. The van der Waals surface area contributed by atoms with Crippen LogP contribution >= 0.6 is 0 Å². The van der Waals surface area contributed by atoms with Gasteiger partial charge in [0.05, 0.1) is 13.2 Å². The van der Waals surface area contributed by atoms with Gasteiger partial charge < -0.3 is 33.5 Å². The largest absolute Gasteiger partial charge is 0.490 e. The number of benzene rings is 6. The molecular weight excluding hydrogens is 861 g/mol. The lowest BCUT2D eigenvalue weighted by Gasteiger charge is -2.26. The fourth-order valence-corrected chi connectivity index (χ4v) is 6.83. The Morgan fingerprint density at radius 2 is 0.706 bits per heavy atom.